The number of rotatable bonds is 14. The second kappa shape index (κ2) is 14.7. The molecular weight excluding hydrogens is 631 g/mol. The smallest absolute Gasteiger partial charge is 0.192 e. The molecule has 0 saturated carbocycles. The minimum Gasteiger partial charge on any atom is -0.598 e. The third kappa shape index (κ3) is 8.25. The largest absolute Gasteiger partial charge is 0.598 e. The number of pyridine rings is 2. The van der Waals surface area contributed by atoms with Crippen molar-refractivity contribution in [2.45, 2.75) is 71.3 Å². The number of aromatic nitrogens is 4. The van der Waals surface area contributed by atoms with E-state index >= 15 is 0 Å². The molecule has 12 heteroatoms. The Hall–Kier alpha value is -2.84. The minimum atomic E-state index is -1.95. The number of nitrogens with zero attached hydrogens (tertiary/aromatic N) is 4. The highest BCUT2D eigenvalue weighted by atomic mass is 32.2. The fourth-order valence-electron chi connectivity index (χ4n) is 5.24. The molecule has 1 aliphatic heterocycles. The maximum Gasteiger partial charge on any atom is 0.192 e. The second-order valence-corrected chi connectivity index (χ2v) is 20.2. The van der Waals surface area contributed by atoms with Crippen LogP contribution in [-0.4, -0.2) is 71.9 Å². The summed E-state index contributed by atoms with van der Waals surface area (Å²) < 4.78 is 42.0. The average Bonchev–Trinajstić information content (AvgIpc) is 3.68. The van der Waals surface area contributed by atoms with Crippen LogP contribution in [0.2, 0.25) is 18.1 Å². The lowest BCUT2D eigenvalue weighted by Crippen LogP contribution is -2.48. The first kappa shape index (κ1) is 35.5. The third-order valence-corrected chi connectivity index (χ3v) is 15.0. The normalized spacial score (nSPS) is 17.9. The maximum atomic E-state index is 13.0. The zero-order valence-corrected chi connectivity index (χ0v) is 30.8. The van der Waals surface area contributed by atoms with Crippen LogP contribution in [0.5, 0.6) is 5.75 Å². The van der Waals surface area contributed by atoms with Crippen molar-refractivity contribution >= 4 is 30.6 Å². The van der Waals surface area contributed by atoms with Crippen LogP contribution in [0, 0.1) is 5.92 Å². The summed E-state index contributed by atoms with van der Waals surface area (Å²) in [6, 6.07) is 16.0. The van der Waals surface area contributed by atoms with Gasteiger partial charge in [0.25, 0.3) is 0 Å². The molecule has 4 heterocycles. The molecule has 254 valence electrons. The number of ether oxygens (including phenoxy) is 3. The quantitative estimate of drug-likeness (QED) is 0.0900. The molecule has 0 amide bonds. The van der Waals surface area contributed by atoms with Gasteiger partial charge in [-0.3, -0.25) is 4.98 Å². The van der Waals surface area contributed by atoms with Gasteiger partial charge in [-0.15, -0.1) is 4.72 Å². The molecule has 1 aromatic carbocycles. The number of hydrogen-bond donors (Lipinski definition) is 1. The van der Waals surface area contributed by atoms with Gasteiger partial charge in [-0.05, 0) is 60.4 Å². The number of hydrogen-bond acceptors (Lipinski definition) is 9. The molecule has 10 nitrogen and oxygen atoms in total. The summed E-state index contributed by atoms with van der Waals surface area (Å²) in [4.78, 5) is 10.1. The highest BCUT2D eigenvalue weighted by Gasteiger charge is 2.42. The van der Waals surface area contributed by atoms with Crippen molar-refractivity contribution in [2.24, 2.45) is 5.92 Å². The van der Waals surface area contributed by atoms with E-state index in [-0.39, 0.29) is 5.04 Å². The van der Waals surface area contributed by atoms with E-state index < -0.39 is 25.2 Å². The van der Waals surface area contributed by atoms with Gasteiger partial charge in [0.1, 0.15) is 23.6 Å². The highest BCUT2D eigenvalue weighted by molar-refractivity contribution is 7.89. The van der Waals surface area contributed by atoms with Crippen molar-refractivity contribution in [1.29, 1.82) is 0 Å². The molecule has 4 aromatic rings. The van der Waals surface area contributed by atoms with Crippen LogP contribution in [0.4, 0.5) is 0 Å². The van der Waals surface area contributed by atoms with E-state index in [1.54, 1.807) is 7.11 Å². The Morgan fingerprint density at radius 1 is 1.11 bits per heavy atom. The Bertz CT molecular complexity index is 1650. The molecule has 2 unspecified atom stereocenters. The summed E-state index contributed by atoms with van der Waals surface area (Å²) >= 11 is -1.22. The van der Waals surface area contributed by atoms with Gasteiger partial charge in [-0.1, -0.05) is 46.8 Å². The molecule has 1 fully saturated rings. The highest BCUT2D eigenvalue weighted by Crippen LogP contribution is 2.38. The summed E-state index contributed by atoms with van der Waals surface area (Å²) in [5, 5.41) is 5.72. The molecule has 5 rings (SSSR count). The summed E-state index contributed by atoms with van der Waals surface area (Å²) in [6.45, 7) is 17.6. The fraction of sp³-hybridized carbons (Fsp3) is 0.514. The van der Waals surface area contributed by atoms with E-state index in [0.29, 0.717) is 62.7 Å². The van der Waals surface area contributed by atoms with Crippen molar-refractivity contribution in [3.8, 4) is 22.8 Å². The van der Waals surface area contributed by atoms with Crippen LogP contribution in [-0.2, 0) is 37.4 Å². The van der Waals surface area contributed by atoms with E-state index in [9.17, 15) is 4.55 Å². The first-order valence-corrected chi connectivity index (χ1v) is 20.5. The van der Waals surface area contributed by atoms with Gasteiger partial charge in [0.15, 0.2) is 14.1 Å². The predicted molar refractivity (Wildman–Crippen MR) is 190 cm³/mol. The SMILES string of the molecule is COCCOc1cc(-c2cccc(C3(N[S+]([O-])CC(C)C)CCOC3)n2)cc2c1cnn2-c1cccc(CO[Si](C)(C)C(C)(C)C)n1. The lowest BCUT2D eigenvalue weighted by molar-refractivity contribution is 0.147. The molecule has 2 atom stereocenters. The predicted octanol–water partition coefficient (Wildman–Crippen LogP) is 6.55. The van der Waals surface area contributed by atoms with E-state index in [2.05, 4.69) is 58.5 Å². The molecule has 0 bridgehead atoms. The number of benzene rings is 1. The van der Waals surface area contributed by atoms with E-state index in [4.69, 9.17) is 33.7 Å². The van der Waals surface area contributed by atoms with Crippen molar-refractivity contribution in [2.75, 3.05) is 39.3 Å². The van der Waals surface area contributed by atoms with E-state index in [1.807, 2.05) is 53.3 Å². The summed E-state index contributed by atoms with van der Waals surface area (Å²) in [6.07, 6.45) is 2.50. The summed E-state index contributed by atoms with van der Waals surface area (Å²) in [5.41, 5.74) is 3.49. The first-order valence-electron chi connectivity index (χ1n) is 16.3. The molecule has 0 aliphatic carbocycles. The Kier molecular flexibility index (Phi) is 11.1. The maximum absolute atomic E-state index is 13.0. The van der Waals surface area contributed by atoms with Crippen LogP contribution in [0.3, 0.4) is 0 Å². The van der Waals surface area contributed by atoms with Crippen molar-refractivity contribution in [3.05, 3.63) is 66.1 Å². The van der Waals surface area contributed by atoms with E-state index in [0.717, 1.165) is 33.5 Å². The molecule has 0 radical (unpaired) electrons. The number of nitrogens with one attached hydrogen (secondary N) is 1. The number of fused-ring (bicyclic) bond motifs is 1. The van der Waals surface area contributed by atoms with Crippen LogP contribution >= 0.6 is 0 Å². The topological polar surface area (TPSA) is 116 Å². The molecule has 3 aromatic heterocycles. The zero-order chi connectivity index (χ0) is 33.8. The van der Waals surface area contributed by atoms with Gasteiger partial charge in [0.05, 0.1) is 54.0 Å². The van der Waals surface area contributed by atoms with Gasteiger partial charge in [-0.2, -0.15) is 5.10 Å². The third-order valence-electron chi connectivity index (χ3n) is 8.94. The molecular formula is C35H49N5O5SSi. The zero-order valence-electron chi connectivity index (χ0n) is 29.0. The van der Waals surface area contributed by atoms with Crippen molar-refractivity contribution in [3.63, 3.8) is 0 Å². The average molecular weight is 680 g/mol. The standard InChI is InChI=1S/C35H49N5O5SSi/c1-25(2)23-46(41)39-35(15-16-43-24-35)32-13-10-12-29(38-32)26-19-30-28(31(20-26)44-18-17-42-6)21-36-40(30)33-14-9-11-27(37-33)22-45-47(7,8)34(3,4)5/h9-14,19-21,25,39H,15-18,22-24H2,1-8H3. The van der Waals surface area contributed by atoms with Gasteiger partial charge in [0.2, 0.25) is 0 Å². The van der Waals surface area contributed by atoms with Crippen molar-refractivity contribution in [1.82, 2.24) is 24.5 Å². The summed E-state index contributed by atoms with van der Waals surface area (Å²) in [7, 11) is -0.292. The van der Waals surface area contributed by atoms with Crippen LogP contribution in [0.15, 0.2) is 54.7 Å². The fourth-order valence-corrected chi connectivity index (χ4v) is 7.57. The van der Waals surface area contributed by atoms with Crippen molar-refractivity contribution < 1.29 is 23.2 Å². The van der Waals surface area contributed by atoms with Crippen LogP contribution in [0.25, 0.3) is 28.0 Å². The van der Waals surface area contributed by atoms with Gasteiger partial charge in [0, 0.05) is 37.1 Å². The Morgan fingerprint density at radius 2 is 1.89 bits per heavy atom. The van der Waals surface area contributed by atoms with E-state index in [1.165, 1.54) is 0 Å². The minimum absolute atomic E-state index is 0.107. The number of methoxy groups -OCH3 is 1. The molecule has 1 aliphatic rings. The second-order valence-electron chi connectivity index (χ2n) is 14.1. The molecule has 0 spiro atoms. The van der Waals surface area contributed by atoms with Crippen LogP contribution in [0.1, 0.15) is 52.4 Å². The van der Waals surface area contributed by atoms with Crippen LogP contribution < -0.4 is 9.46 Å². The molecule has 1 saturated heterocycles. The summed E-state index contributed by atoms with van der Waals surface area (Å²) in [5.74, 6) is 2.23. The van der Waals surface area contributed by atoms with Gasteiger partial charge in [-0.25, -0.2) is 9.67 Å². The first-order chi connectivity index (χ1) is 22.3. The molecule has 47 heavy (non-hydrogen) atoms. The van der Waals surface area contributed by atoms with Gasteiger partial charge >= 0.3 is 0 Å². The lowest BCUT2D eigenvalue weighted by Gasteiger charge is -2.36. The monoisotopic (exact) mass is 679 g/mol. The Morgan fingerprint density at radius 3 is 2.60 bits per heavy atom. The Balaban J connectivity index is 1.53. The van der Waals surface area contributed by atoms with Gasteiger partial charge < -0.3 is 23.2 Å². The lowest BCUT2D eigenvalue weighted by atomic mass is 9.94. The Labute approximate surface area is 283 Å². The molecule has 1 N–H and O–H groups in total.